The Bertz CT molecular complexity index is 285. The maximum Gasteiger partial charge on any atom is 0.0537 e. The number of aryl methyl sites for hydroxylation is 1. The Morgan fingerprint density at radius 3 is 2.80 bits per heavy atom. The summed E-state index contributed by atoms with van der Waals surface area (Å²) in [5, 5.41) is 8.45. The van der Waals surface area contributed by atoms with E-state index in [-0.39, 0.29) is 0 Å². The minimum absolute atomic E-state index is 0.389. The van der Waals surface area contributed by atoms with Crippen molar-refractivity contribution in [2.45, 2.75) is 38.6 Å². The summed E-state index contributed by atoms with van der Waals surface area (Å²) in [5.41, 5.74) is 1.27. The van der Waals surface area contributed by atoms with Crippen LogP contribution in [0.1, 0.15) is 32.4 Å². The lowest BCUT2D eigenvalue weighted by molar-refractivity contribution is 0.574. The van der Waals surface area contributed by atoms with Gasteiger partial charge in [-0.2, -0.15) is 16.9 Å². The molecule has 1 rings (SSSR count). The van der Waals surface area contributed by atoms with Crippen LogP contribution >= 0.6 is 11.8 Å². The summed E-state index contributed by atoms with van der Waals surface area (Å²) in [6.07, 6.45) is 6.21. The van der Waals surface area contributed by atoms with Gasteiger partial charge in [-0.25, -0.2) is 0 Å². The summed E-state index contributed by atoms with van der Waals surface area (Å²) in [6.45, 7) is 8.50. The predicted molar refractivity (Wildman–Crippen MR) is 67.3 cm³/mol. The van der Waals surface area contributed by atoms with E-state index in [1.54, 1.807) is 0 Å². The van der Waals surface area contributed by atoms with Crippen molar-refractivity contribution in [2.24, 2.45) is 0 Å². The maximum absolute atomic E-state index is 4.27. The lowest BCUT2D eigenvalue weighted by Gasteiger charge is -2.15. The fraction of sp³-hybridized carbons (Fsp3) is 0.727. The summed E-state index contributed by atoms with van der Waals surface area (Å²) >= 11 is 1.89. The van der Waals surface area contributed by atoms with E-state index < -0.39 is 0 Å². The third-order valence-electron chi connectivity index (χ3n) is 2.59. The predicted octanol–water partition coefficient (Wildman–Crippen LogP) is 2.31. The van der Waals surface area contributed by atoms with Crippen LogP contribution in [0.15, 0.2) is 12.4 Å². The molecule has 2 atom stereocenters. The molecule has 1 N–H and O–H groups in total. The Balaban J connectivity index is 2.42. The molecule has 0 radical (unpaired) electrons. The molecule has 0 aliphatic heterocycles. The van der Waals surface area contributed by atoms with Crippen LogP contribution in [0, 0.1) is 0 Å². The molecule has 0 spiro atoms. The lowest BCUT2D eigenvalue weighted by atomic mass is 10.2. The largest absolute Gasteiger partial charge is 0.309 e. The van der Waals surface area contributed by atoms with Gasteiger partial charge in [-0.3, -0.25) is 4.68 Å². The number of nitrogens with one attached hydrogen (secondary N) is 1. The first-order chi connectivity index (χ1) is 7.17. The average Bonchev–Trinajstić information content (AvgIpc) is 2.73. The van der Waals surface area contributed by atoms with Gasteiger partial charge in [0, 0.05) is 36.1 Å². The molecule has 0 amide bonds. The zero-order chi connectivity index (χ0) is 11.3. The summed E-state index contributed by atoms with van der Waals surface area (Å²) in [7, 11) is 0. The van der Waals surface area contributed by atoms with Crippen LogP contribution in [-0.2, 0) is 6.54 Å². The third kappa shape index (κ3) is 3.87. The van der Waals surface area contributed by atoms with Gasteiger partial charge < -0.3 is 5.32 Å². The topological polar surface area (TPSA) is 29.9 Å². The van der Waals surface area contributed by atoms with Crippen LogP contribution in [0.25, 0.3) is 0 Å². The van der Waals surface area contributed by atoms with Gasteiger partial charge in [-0.15, -0.1) is 0 Å². The van der Waals surface area contributed by atoms with E-state index in [0.717, 1.165) is 13.1 Å². The maximum atomic E-state index is 4.27. The van der Waals surface area contributed by atoms with Gasteiger partial charge in [-0.05, 0) is 20.1 Å². The number of hydrogen-bond acceptors (Lipinski definition) is 3. The van der Waals surface area contributed by atoms with E-state index in [2.05, 4.69) is 43.6 Å². The van der Waals surface area contributed by atoms with Crippen molar-refractivity contribution in [3.05, 3.63) is 18.0 Å². The first kappa shape index (κ1) is 12.6. The molecule has 0 aromatic carbocycles. The number of thioether (sulfide) groups is 1. The molecule has 0 saturated heterocycles. The van der Waals surface area contributed by atoms with Gasteiger partial charge in [0.05, 0.1) is 6.20 Å². The van der Waals surface area contributed by atoms with Crippen LogP contribution in [0.4, 0.5) is 0 Å². The monoisotopic (exact) mass is 227 g/mol. The van der Waals surface area contributed by atoms with Gasteiger partial charge in [-0.1, -0.05) is 6.92 Å². The number of hydrogen-bond donors (Lipinski definition) is 1. The SMILES string of the molecule is CCn1cc(C(C)NCC(C)SC)cn1. The van der Waals surface area contributed by atoms with E-state index in [9.17, 15) is 0 Å². The molecule has 0 fully saturated rings. The fourth-order valence-corrected chi connectivity index (χ4v) is 1.58. The Labute approximate surface area is 96.6 Å². The van der Waals surface area contributed by atoms with Crippen LogP contribution < -0.4 is 5.32 Å². The molecule has 1 aromatic rings. The Hall–Kier alpha value is -0.480. The highest BCUT2D eigenvalue weighted by molar-refractivity contribution is 7.99. The quantitative estimate of drug-likeness (QED) is 0.809. The second-order valence-corrected chi connectivity index (χ2v) is 5.08. The van der Waals surface area contributed by atoms with Crippen molar-refractivity contribution in [1.29, 1.82) is 0 Å². The van der Waals surface area contributed by atoms with Gasteiger partial charge in [0.2, 0.25) is 0 Å². The molecule has 86 valence electrons. The van der Waals surface area contributed by atoms with Gasteiger partial charge >= 0.3 is 0 Å². The summed E-state index contributed by atoms with van der Waals surface area (Å²) in [4.78, 5) is 0. The summed E-state index contributed by atoms with van der Waals surface area (Å²) < 4.78 is 1.96. The molecule has 0 aliphatic carbocycles. The molecule has 0 aliphatic rings. The van der Waals surface area contributed by atoms with Gasteiger partial charge in [0.25, 0.3) is 0 Å². The molecule has 1 heterocycles. The Morgan fingerprint density at radius 1 is 1.53 bits per heavy atom. The molecule has 15 heavy (non-hydrogen) atoms. The van der Waals surface area contributed by atoms with Crippen molar-refractivity contribution in [2.75, 3.05) is 12.8 Å². The van der Waals surface area contributed by atoms with Crippen molar-refractivity contribution < 1.29 is 0 Å². The zero-order valence-corrected chi connectivity index (χ0v) is 10.8. The first-order valence-electron chi connectivity index (χ1n) is 5.45. The van der Waals surface area contributed by atoms with Crippen LogP contribution in [0.5, 0.6) is 0 Å². The van der Waals surface area contributed by atoms with Crippen molar-refractivity contribution in [3.63, 3.8) is 0 Å². The van der Waals surface area contributed by atoms with Crippen LogP contribution in [-0.4, -0.2) is 27.8 Å². The number of rotatable bonds is 6. The fourth-order valence-electron chi connectivity index (χ4n) is 1.32. The molecule has 0 bridgehead atoms. The Kier molecular flexibility index (Phi) is 5.19. The minimum atomic E-state index is 0.389. The smallest absolute Gasteiger partial charge is 0.0537 e. The van der Waals surface area contributed by atoms with E-state index in [0.29, 0.717) is 11.3 Å². The molecule has 3 nitrogen and oxygen atoms in total. The van der Waals surface area contributed by atoms with Gasteiger partial charge in [0.15, 0.2) is 0 Å². The second kappa shape index (κ2) is 6.18. The third-order valence-corrected chi connectivity index (χ3v) is 3.56. The molecular formula is C11H21N3S. The molecule has 2 unspecified atom stereocenters. The zero-order valence-electron chi connectivity index (χ0n) is 10.0. The highest BCUT2D eigenvalue weighted by Gasteiger charge is 2.08. The van der Waals surface area contributed by atoms with Crippen molar-refractivity contribution in [3.8, 4) is 0 Å². The summed E-state index contributed by atoms with van der Waals surface area (Å²) in [5.74, 6) is 0. The van der Waals surface area contributed by atoms with Crippen LogP contribution in [0.2, 0.25) is 0 Å². The Morgan fingerprint density at radius 2 is 2.27 bits per heavy atom. The first-order valence-corrected chi connectivity index (χ1v) is 6.74. The summed E-state index contributed by atoms with van der Waals surface area (Å²) in [6, 6.07) is 0.389. The highest BCUT2D eigenvalue weighted by Crippen LogP contribution is 2.12. The second-order valence-electron chi connectivity index (χ2n) is 3.81. The minimum Gasteiger partial charge on any atom is -0.309 e. The van der Waals surface area contributed by atoms with Crippen molar-refractivity contribution in [1.82, 2.24) is 15.1 Å². The van der Waals surface area contributed by atoms with Gasteiger partial charge in [0.1, 0.15) is 0 Å². The molecular weight excluding hydrogens is 206 g/mol. The molecule has 0 saturated carbocycles. The van der Waals surface area contributed by atoms with E-state index in [1.165, 1.54) is 5.56 Å². The van der Waals surface area contributed by atoms with E-state index in [4.69, 9.17) is 0 Å². The van der Waals surface area contributed by atoms with Crippen molar-refractivity contribution >= 4 is 11.8 Å². The highest BCUT2D eigenvalue weighted by atomic mass is 32.2. The van der Waals surface area contributed by atoms with E-state index >= 15 is 0 Å². The lowest BCUT2D eigenvalue weighted by Crippen LogP contribution is -2.25. The van der Waals surface area contributed by atoms with E-state index in [1.807, 2.05) is 22.6 Å². The standard InChI is InChI=1S/C11H21N3S/c1-5-14-8-11(7-13-14)10(3)12-6-9(2)15-4/h7-10,12H,5-6H2,1-4H3. The van der Waals surface area contributed by atoms with Crippen LogP contribution in [0.3, 0.4) is 0 Å². The number of aromatic nitrogens is 2. The average molecular weight is 227 g/mol. The normalized spacial score (nSPS) is 15.2. The molecule has 4 heteroatoms. The molecule has 1 aromatic heterocycles. The number of nitrogens with zero attached hydrogens (tertiary/aromatic N) is 2.